The molecule has 4 N–H and O–H groups in total. The molecule has 2 rings (SSSR count). The predicted octanol–water partition coefficient (Wildman–Crippen LogP) is 3.00. The van der Waals surface area contributed by atoms with Crippen molar-refractivity contribution in [3.05, 3.63) is 71.8 Å². The third-order valence-corrected chi connectivity index (χ3v) is 6.51. The maximum Gasteiger partial charge on any atom is 0.334 e. The number of nitrogens with zero attached hydrogens (tertiary/aromatic N) is 1. The van der Waals surface area contributed by atoms with E-state index in [1.165, 1.54) is 11.8 Å². The van der Waals surface area contributed by atoms with Crippen LogP contribution in [0.3, 0.4) is 0 Å². The molecule has 0 spiro atoms. The van der Waals surface area contributed by atoms with Gasteiger partial charge in [-0.2, -0.15) is 11.8 Å². The van der Waals surface area contributed by atoms with Crippen LogP contribution in [0.5, 0.6) is 0 Å². The number of ether oxygens (including phenoxy) is 2. The highest BCUT2D eigenvalue weighted by Crippen LogP contribution is 2.26. The van der Waals surface area contributed by atoms with E-state index in [-0.39, 0.29) is 44.2 Å². The Morgan fingerprint density at radius 3 is 1.97 bits per heavy atom. The summed E-state index contributed by atoms with van der Waals surface area (Å²) in [6.07, 6.45) is -0.331. The summed E-state index contributed by atoms with van der Waals surface area (Å²) in [7, 11) is 0. The van der Waals surface area contributed by atoms with Crippen molar-refractivity contribution >= 4 is 47.9 Å². The van der Waals surface area contributed by atoms with Crippen molar-refractivity contribution in [3.63, 3.8) is 0 Å². The van der Waals surface area contributed by atoms with Crippen LogP contribution in [0.4, 0.5) is 0 Å². The molecule has 38 heavy (non-hydrogen) atoms. The van der Waals surface area contributed by atoms with Gasteiger partial charge in [0.05, 0.1) is 19.3 Å². The highest BCUT2D eigenvalue weighted by atomic mass is 35.5. The lowest BCUT2D eigenvalue weighted by molar-refractivity contribution is -0.162. The molecule has 208 valence electrons. The van der Waals surface area contributed by atoms with Gasteiger partial charge in [-0.15, -0.1) is 12.4 Å². The Morgan fingerprint density at radius 1 is 0.842 bits per heavy atom. The van der Waals surface area contributed by atoms with Crippen LogP contribution in [0.2, 0.25) is 0 Å². The Hall–Kier alpha value is -2.92. The highest BCUT2D eigenvalue weighted by Gasteiger charge is 2.39. The van der Waals surface area contributed by atoms with Crippen molar-refractivity contribution < 1.29 is 28.7 Å². The molecular weight excluding hydrogens is 530 g/mol. The molecule has 0 saturated carbocycles. The summed E-state index contributed by atoms with van der Waals surface area (Å²) < 4.78 is 10.1. The number of carbonyl (C=O) groups excluding carboxylic acids is 4. The molecule has 2 aromatic rings. The zero-order valence-electron chi connectivity index (χ0n) is 21.6. The van der Waals surface area contributed by atoms with E-state index < -0.39 is 41.9 Å². The lowest BCUT2D eigenvalue weighted by atomic mass is 10.0. The lowest BCUT2D eigenvalue weighted by Gasteiger charge is -2.31. The fraction of sp³-hybridized carbons (Fsp3) is 0.407. The van der Waals surface area contributed by atoms with Gasteiger partial charge in [0, 0.05) is 17.9 Å². The molecule has 0 aromatic heterocycles. The summed E-state index contributed by atoms with van der Waals surface area (Å²) in [6.45, 7) is 3.50. The topological polar surface area (TPSA) is 142 Å². The second-order valence-electron chi connectivity index (χ2n) is 8.17. The Balaban J connectivity index is 0.00000722. The van der Waals surface area contributed by atoms with Gasteiger partial charge >= 0.3 is 11.9 Å². The van der Waals surface area contributed by atoms with Crippen molar-refractivity contribution in [2.75, 3.05) is 19.0 Å². The molecule has 0 bridgehead atoms. The molecular formula is C27H36ClN3O6S. The van der Waals surface area contributed by atoms with E-state index in [9.17, 15) is 19.2 Å². The maximum absolute atomic E-state index is 13.6. The van der Waals surface area contributed by atoms with Crippen molar-refractivity contribution in [3.8, 4) is 0 Å². The number of halogens is 1. The van der Waals surface area contributed by atoms with E-state index in [0.29, 0.717) is 11.3 Å². The van der Waals surface area contributed by atoms with Gasteiger partial charge in [0.25, 0.3) is 0 Å². The Bertz CT molecular complexity index is 1030. The first kappa shape index (κ1) is 33.1. The van der Waals surface area contributed by atoms with Crippen LogP contribution < -0.4 is 11.5 Å². The average Bonchev–Trinajstić information content (AvgIpc) is 2.91. The van der Waals surface area contributed by atoms with Gasteiger partial charge in [-0.25, -0.2) is 4.79 Å². The van der Waals surface area contributed by atoms with Gasteiger partial charge in [0.15, 0.2) is 6.04 Å². The second-order valence-corrected chi connectivity index (χ2v) is 9.20. The van der Waals surface area contributed by atoms with Gasteiger partial charge in [0.2, 0.25) is 11.8 Å². The lowest BCUT2D eigenvalue weighted by Crippen LogP contribution is -2.51. The largest absolute Gasteiger partial charge is 0.465 e. The normalized spacial score (nSPS) is 12.8. The van der Waals surface area contributed by atoms with Crippen LogP contribution in [0.1, 0.15) is 43.9 Å². The van der Waals surface area contributed by atoms with Crippen molar-refractivity contribution in [1.82, 2.24) is 4.90 Å². The minimum atomic E-state index is -1.33. The molecule has 0 saturated heterocycles. The summed E-state index contributed by atoms with van der Waals surface area (Å²) in [5.74, 6) is -1.94. The van der Waals surface area contributed by atoms with E-state index in [1.54, 1.807) is 44.2 Å². The summed E-state index contributed by atoms with van der Waals surface area (Å²) in [5, 5.41) is 0. The molecule has 0 heterocycles. The number of thioether (sulfide) groups is 1. The number of carbonyl (C=O) groups is 4. The van der Waals surface area contributed by atoms with Gasteiger partial charge in [0.1, 0.15) is 6.04 Å². The number of hydrogen-bond donors (Lipinski definition) is 2. The van der Waals surface area contributed by atoms with Crippen LogP contribution in [0, 0.1) is 0 Å². The smallest absolute Gasteiger partial charge is 0.334 e. The fourth-order valence-electron chi connectivity index (χ4n) is 3.54. The second kappa shape index (κ2) is 17.6. The molecule has 0 aliphatic heterocycles. The quantitative estimate of drug-likeness (QED) is 0.330. The first-order valence-corrected chi connectivity index (χ1v) is 13.3. The maximum atomic E-state index is 13.6. The molecule has 0 aliphatic rings. The minimum absolute atomic E-state index is 0. The average molecular weight is 566 g/mol. The van der Waals surface area contributed by atoms with Crippen LogP contribution in [-0.2, 0) is 34.4 Å². The number of benzene rings is 2. The number of amides is 2. The monoisotopic (exact) mass is 565 g/mol. The molecule has 11 heteroatoms. The molecule has 0 radical (unpaired) electrons. The Morgan fingerprint density at radius 2 is 1.39 bits per heavy atom. The molecule has 0 fully saturated rings. The van der Waals surface area contributed by atoms with Crippen molar-refractivity contribution in [1.29, 1.82) is 0 Å². The van der Waals surface area contributed by atoms with Crippen LogP contribution in [0.15, 0.2) is 60.7 Å². The van der Waals surface area contributed by atoms with E-state index in [0.717, 1.165) is 10.5 Å². The first-order chi connectivity index (χ1) is 17.8. The Kier molecular flexibility index (Phi) is 15.3. The zero-order valence-corrected chi connectivity index (χ0v) is 23.2. The third kappa shape index (κ3) is 10.1. The molecule has 0 unspecified atom stereocenters. The summed E-state index contributed by atoms with van der Waals surface area (Å²) in [4.78, 5) is 52.8. The number of hydrogen-bond acceptors (Lipinski definition) is 9. The van der Waals surface area contributed by atoms with Crippen molar-refractivity contribution in [2.45, 2.75) is 50.6 Å². The predicted molar refractivity (Wildman–Crippen MR) is 149 cm³/mol. The van der Waals surface area contributed by atoms with Gasteiger partial charge in [-0.1, -0.05) is 60.7 Å². The van der Waals surface area contributed by atoms with Crippen LogP contribution in [-0.4, -0.2) is 59.7 Å². The molecule has 9 nitrogen and oxygen atoms in total. The number of rotatable bonds is 14. The summed E-state index contributed by atoms with van der Waals surface area (Å²) >= 11 is 1.44. The van der Waals surface area contributed by atoms with E-state index in [1.807, 2.05) is 30.3 Å². The molecule has 2 amide bonds. The molecule has 0 aliphatic carbocycles. The highest BCUT2D eigenvalue weighted by molar-refractivity contribution is 7.98. The SMILES string of the molecule is CCOC(=O)[C@H](c1ccccc1)N(C(=O)CC[C@H](N)C(=O)OCC)C(=O)[C@@H](N)CSCc1ccccc1.Cl. The van der Waals surface area contributed by atoms with Crippen molar-refractivity contribution in [2.24, 2.45) is 11.5 Å². The summed E-state index contributed by atoms with van der Waals surface area (Å²) in [5.41, 5.74) is 13.6. The third-order valence-electron chi connectivity index (χ3n) is 5.37. The van der Waals surface area contributed by atoms with Gasteiger partial charge in [-0.3, -0.25) is 19.3 Å². The molecule has 3 atom stereocenters. The van der Waals surface area contributed by atoms with Gasteiger partial charge < -0.3 is 20.9 Å². The summed E-state index contributed by atoms with van der Waals surface area (Å²) in [6, 6.07) is 14.7. The number of esters is 2. The first-order valence-electron chi connectivity index (χ1n) is 12.2. The van der Waals surface area contributed by atoms with E-state index in [4.69, 9.17) is 20.9 Å². The number of nitrogens with two attached hydrogens (primary N) is 2. The van der Waals surface area contributed by atoms with Crippen LogP contribution >= 0.6 is 24.2 Å². The standard InChI is InChI=1S/C27H35N3O6S.ClH/c1-3-35-26(33)21(28)15-16-23(31)30(24(27(34)36-4-2)20-13-9-6-10-14-20)25(32)22(29)18-37-17-19-11-7-5-8-12-19;/h5-14,21-22,24H,3-4,15-18,28-29H2,1-2H3;1H/t21-,22-,24-;/m0./s1. The molecule has 2 aromatic carbocycles. The van der Waals surface area contributed by atoms with E-state index >= 15 is 0 Å². The van der Waals surface area contributed by atoms with E-state index in [2.05, 4.69) is 0 Å². The minimum Gasteiger partial charge on any atom is -0.465 e. The van der Waals surface area contributed by atoms with Crippen LogP contribution in [0.25, 0.3) is 0 Å². The fourth-order valence-corrected chi connectivity index (χ4v) is 4.48. The van der Waals surface area contributed by atoms with Gasteiger partial charge in [-0.05, 0) is 31.4 Å². The zero-order chi connectivity index (χ0) is 27.2. The Labute approximate surface area is 234 Å². The number of imide groups is 1.